The molecule has 0 aliphatic carbocycles. The Hall–Kier alpha value is -1.30. The molecule has 318 valence electrons. The number of aromatic nitrogens is 3. The van der Waals surface area contributed by atoms with Crippen LogP contribution in [0.1, 0.15) is 153 Å². The van der Waals surface area contributed by atoms with Crippen LogP contribution in [0.2, 0.25) is 0 Å². The molecule has 0 aromatic carbocycles. The summed E-state index contributed by atoms with van der Waals surface area (Å²) in [7, 11) is 1.70. The topological polar surface area (TPSA) is 149 Å². The van der Waals surface area contributed by atoms with Crippen LogP contribution in [-0.2, 0) is 39.8 Å². The Bertz CT molecular complexity index is 1120. The monoisotopic (exact) mass is 825 g/mol. The molecule has 0 saturated carbocycles. The van der Waals surface area contributed by atoms with Gasteiger partial charge in [-0.3, -0.25) is 0 Å². The summed E-state index contributed by atoms with van der Waals surface area (Å²) in [5.74, 6) is 0. The van der Waals surface area contributed by atoms with Gasteiger partial charge in [-0.15, -0.1) is 0 Å². The summed E-state index contributed by atoms with van der Waals surface area (Å²) in [6.07, 6.45) is 14.8. The lowest BCUT2D eigenvalue weighted by Crippen LogP contribution is -2.67. The van der Waals surface area contributed by atoms with Gasteiger partial charge >= 0.3 is 43.5 Å². The van der Waals surface area contributed by atoms with Crippen LogP contribution < -0.4 is 17.1 Å². The van der Waals surface area contributed by atoms with E-state index in [1.54, 1.807) is 0 Å². The van der Waals surface area contributed by atoms with Crippen molar-refractivity contribution in [3.05, 3.63) is 31.5 Å². The van der Waals surface area contributed by atoms with Crippen LogP contribution in [0.5, 0.6) is 0 Å². The van der Waals surface area contributed by atoms with Gasteiger partial charge < -0.3 is 39.8 Å². The zero-order valence-corrected chi connectivity index (χ0v) is 38.7. The van der Waals surface area contributed by atoms with Crippen LogP contribution in [0, 0.1) is 0 Å². The fourth-order valence-corrected chi connectivity index (χ4v) is 14.8. The molecule has 1 aromatic rings. The average molecular weight is 826 g/mol. The van der Waals surface area contributed by atoms with Crippen molar-refractivity contribution in [3.8, 4) is 0 Å². The van der Waals surface area contributed by atoms with Crippen molar-refractivity contribution < 1.29 is 39.8 Å². The van der Waals surface area contributed by atoms with Crippen molar-refractivity contribution >= 4 is 26.4 Å². The molecular formula is C36H75N3O12Si3. The Morgan fingerprint density at radius 3 is 0.704 bits per heavy atom. The average Bonchev–Trinajstić information content (AvgIpc) is 3.19. The van der Waals surface area contributed by atoms with Gasteiger partial charge in [0.1, 0.15) is 17.0 Å². The zero-order valence-electron chi connectivity index (χ0n) is 35.7. The van der Waals surface area contributed by atoms with Crippen LogP contribution in [0.25, 0.3) is 0 Å². The molecule has 0 fully saturated rings. The van der Waals surface area contributed by atoms with Gasteiger partial charge in [-0.1, -0.05) is 117 Å². The first-order valence-corrected chi connectivity index (χ1v) is 25.4. The van der Waals surface area contributed by atoms with E-state index < -0.39 is 60.5 Å². The summed E-state index contributed by atoms with van der Waals surface area (Å²) in [4.78, 5) is 45.8. The van der Waals surface area contributed by atoms with E-state index in [-0.39, 0.29) is 0 Å². The predicted octanol–water partition coefficient (Wildman–Crippen LogP) is 6.13. The summed E-state index contributed by atoms with van der Waals surface area (Å²) in [6, 6.07) is 0. The molecule has 18 heteroatoms. The molecular weight excluding hydrogens is 751 g/mol. The lowest BCUT2D eigenvalue weighted by molar-refractivity contribution is 0.0857. The van der Waals surface area contributed by atoms with E-state index in [1.807, 2.05) is 0 Å². The summed E-state index contributed by atoms with van der Waals surface area (Å²) in [5, 5.41) is 0. The van der Waals surface area contributed by atoms with Gasteiger partial charge in [-0.25, -0.2) is 28.1 Å². The molecule has 0 N–H and O–H groups in total. The van der Waals surface area contributed by atoms with E-state index >= 15 is 14.4 Å². The maximum Gasteiger partial charge on any atom is 0.524 e. The second-order valence-electron chi connectivity index (χ2n) is 13.8. The number of rotatable bonds is 33. The highest BCUT2D eigenvalue weighted by atomic mass is 28.4. The van der Waals surface area contributed by atoms with E-state index in [0.29, 0.717) is 38.5 Å². The largest absolute Gasteiger partial charge is 0.524 e. The van der Waals surface area contributed by atoms with Crippen LogP contribution in [-0.4, -0.2) is 104 Å². The third kappa shape index (κ3) is 12.4. The summed E-state index contributed by atoms with van der Waals surface area (Å²) in [5.41, 5.74) is -5.48. The lowest BCUT2D eigenvalue weighted by Gasteiger charge is -2.38. The molecule has 0 spiro atoms. The van der Waals surface area contributed by atoms with Gasteiger partial charge in [-0.05, 0) is 19.3 Å². The Labute approximate surface area is 328 Å². The van der Waals surface area contributed by atoms with Gasteiger partial charge in [0.2, 0.25) is 0 Å². The maximum absolute atomic E-state index is 15.3. The van der Waals surface area contributed by atoms with Crippen LogP contribution in [0.4, 0.5) is 0 Å². The number of hydrogen-bond acceptors (Lipinski definition) is 12. The van der Waals surface area contributed by atoms with Crippen molar-refractivity contribution in [1.82, 2.24) is 13.7 Å². The molecule has 0 bridgehead atoms. The molecule has 3 atom stereocenters. The molecule has 15 nitrogen and oxygen atoms in total. The molecule has 0 aliphatic heterocycles. The molecule has 1 rings (SSSR count). The smallest absolute Gasteiger partial charge is 0.376 e. The minimum absolute atomic E-state index is 0.324. The van der Waals surface area contributed by atoms with Crippen LogP contribution in [0.3, 0.4) is 0 Å². The highest BCUT2D eigenvalue weighted by Crippen LogP contribution is 2.32. The maximum atomic E-state index is 15.3. The third-order valence-electron chi connectivity index (χ3n) is 10.7. The minimum Gasteiger partial charge on any atom is -0.376 e. The van der Waals surface area contributed by atoms with E-state index in [0.717, 1.165) is 90.8 Å². The fraction of sp³-hybridized carbons (Fsp3) is 0.917. The fourth-order valence-electron chi connectivity index (χ4n) is 7.58. The van der Waals surface area contributed by atoms with Crippen molar-refractivity contribution in [2.45, 2.75) is 153 Å². The second-order valence-corrected chi connectivity index (χ2v) is 23.1. The SMILES string of the molecule is CCCCCCCC(n1c(=O)n(C(CCCCCCC)[Si](OC)(OC)OC)c(=O)n(C(CCCCCCC)[Si](OC)(OC)OC)c1=O)[Si](OC)(OC)OC. The van der Waals surface area contributed by atoms with Crippen molar-refractivity contribution in [1.29, 1.82) is 0 Å². The first-order valence-electron chi connectivity index (χ1n) is 20.0. The Morgan fingerprint density at radius 2 is 0.537 bits per heavy atom. The van der Waals surface area contributed by atoms with Gasteiger partial charge in [0, 0.05) is 64.0 Å². The van der Waals surface area contributed by atoms with Crippen molar-refractivity contribution in [2.75, 3.05) is 64.0 Å². The molecule has 0 saturated heterocycles. The highest BCUT2D eigenvalue weighted by Gasteiger charge is 2.55. The molecule has 1 heterocycles. The Balaban J connectivity index is 4.57. The molecule has 0 aliphatic rings. The predicted molar refractivity (Wildman–Crippen MR) is 217 cm³/mol. The second kappa shape index (κ2) is 26.6. The molecule has 54 heavy (non-hydrogen) atoms. The summed E-state index contributed by atoms with van der Waals surface area (Å²) in [6.45, 7) is 6.42. The van der Waals surface area contributed by atoms with Crippen molar-refractivity contribution in [2.24, 2.45) is 0 Å². The molecule has 1 aromatic heterocycles. The number of unbranched alkanes of at least 4 members (excludes halogenated alkanes) is 12. The normalized spacial score (nSPS) is 14.4. The highest BCUT2D eigenvalue weighted by molar-refractivity contribution is 6.62. The lowest BCUT2D eigenvalue weighted by atomic mass is 10.1. The molecule has 0 amide bonds. The van der Waals surface area contributed by atoms with Gasteiger partial charge in [0.15, 0.2) is 0 Å². The van der Waals surface area contributed by atoms with Gasteiger partial charge in [0.05, 0.1) is 0 Å². The van der Waals surface area contributed by atoms with E-state index in [2.05, 4.69) is 20.8 Å². The first kappa shape index (κ1) is 50.7. The van der Waals surface area contributed by atoms with Gasteiger partial charge in [0.25, 0.3) is 0 Å². The summed E-state index contributed by atoms with van der Waals surface area (Å²) < 4.78 is 57.4. The van der Waals surface area contributed by atoms with E-state index in [9.17, 15) is 0 Å². The Kier molecular flexibility index (Phi) is 25.0. The standard InChI is InChI=1S/C36H75N3O12Si3/c1-13-16-19-22-25-28-31(52(43-4,44-5)45-6)37-34(40)38(32(29-26-23-20-17-14-2)53(46-7,47-8)48-9)36(42)39(35(37)41)33(30-27-24-21-18-15-3)54(49-10,50-11)51-12/h31-33H,13-30H2,1-12H3. The van der Waals surface area contributed by atoms with Crippen LogP contribution >= 0.6 is 0 Å². The first-order chi connectivity index (χ1) is 26.0. The molecule has 0 radical (unpaired) electrons. The minimum atomic E-state index is -3.80. The van der Waals surface area contributed by atoms with E-state index in [1.165, 1.54) is 64.0 Å². The van der Waals surface area contributed by atoms with Gasteiger partial charge in [-0.2, -0.15) is 0 Å². The van der Waals surface area contributed by atoms with Crippen LogP contribution in [0.15, 0.2) is 14.4 Å². The Morgan fingerprint density at radius 1 is 0.352 bits per heavy atom. The zero-order chi connectivity index (χ0) is 40.8. The third-order valence-corrected chi connectivity index (χ3v) is 19.9. The number of hydrogen-bond donors (Lipinski definition) is 0. The number of nitrogens with zero attached hydrogens (tertiary/aromatic N) is 3. The summed E-state index contributed by atoms with van der Waals surface area (Å²) >= 11 is 0. The van der Waals surface area contributed by atoms with E-state index in [4.69, 9.17) is 39.8 Å². The quantitative estimate of drug-likeness (QED) is 0.0593. The molecule has 3 unspecified atom stereocenters. The van der Waals surface area contributed by atoms with Crippen molar-refractivity contribution in [3.63, 3.8) is 0 Å².